The summed E-state index contributed by atoms with van der Waals surface area (Å²) in [5.41, 5.74) is 3.18. The molecule has 0 spiro atoms. The highest BCUT2D eigenvalue weighted by Crippen LogP contribution is 2.16. The number of rotatable bonds is 4. The van der Waals surface area contributed by atoms with Gasteiger partial charge >= 0.3 is 6.03 Å². The van der Waals surface area contributed by atoms with Gasteiger partial charge in [0.25, 0.3) is 5.56 Å². The minimum Gasteiger partial charge on any atom is -0.348 e. The number of amides is 2. The van der Waals surface area contributed by atoms with Crippen LogP contribution in [0.1, 0.15) is 19.4 Å². The summed E-state index contributed by atoms with van der Waals surface area (Å²) in [4.78, 5) is 38.2. The van der Waals surface area contributed by atoms with Crippen LogP contribution in [0.2, 0.25) is 0 Å². The Morgan fingerprint density at radius 2 is 1.80 bits per heavy atom. The second-order valence-corrected chi connectivity index (χ2v) is 7.29. The molecular formula is C22H26N6O2. The van der Waals surface area contributed by atoms with E-state index in [0.29, 0.717) is 49.7 Å². The molecule has 8 nitrogen and oxygen atoms in total. The Kier molecular flexibility index (Phi) is 5.65. The topological polar surface area (TPSA) is 83.4 Å². The molecule has 8 heteroatoms. The van der Waals surface area contributed by atoms with E-state index in [1.807, 2.05) is 48.2 Å². The molecule has 0 atom stereocenters. The highest BCUT2D eigenvalue weighted by molar-refractivity contribution is 5.89. The number of benzene rings is 1. The van der Waals surface area contributed by atoms with Gasteiger partial charge in [0.2, 0.25) is 0 Å². The van der Waals surface area contributed by atoms with E-state index < -0.39 is 0 Å². The molecule has 3 heterocycles. The third kappa shape index (κ3) is 3.85. The maximum absolute atomic E-state index is 12.9. The highest BCUT2D eigenvalue weighted by atomic mass is 16.2. The fourth-order valence-electron chi connectivity index (χ4n) is 3.71. The van der Waals surface area contributed by atoms with Crippen LogP contribution < -0.4 is 15.8 Å². The first-order valence-corrected chi connectivity index (χ1v) is 10.4. The van der Waals surface area contributed by atoms with Crippen molar-refractivity contribution in [1.82, 2.24) is 19.4 Å². The van der Waals surface area contributed by atoms with E-state index >= 15 is 0 Å². The molecule has 0 aliphatic carbocycles. The predicted octanol–water partition coefficient (Wildman–Crippen LogP) is 2.73. The van der Waals surface area contributed by atoms with E-state index in [4.69, 9.17) is 0 Å². The molecular weight excluding hydrogens is 380 g/mol. The number of aromatic nitrogens is 3. The van der Waals surface area contributed by atoms with Crippen molar-refractivity contribution < 1.29 is 4.79 Å². The zero-order valence-corrected chi connectivity index (χ0v) is 17.3. The molecule has 1 N–H and O–H groups in total. The first-order chi connectivity index (χ1) is 14.6. The van der Waals surface area contributed by atoms with Gasteiger partial charge < -0.3 is 15.1 Å². The van der Waals surface area contributed by atoms with E-state index in [1.54, 1.807) is 15.7 Å². The molecule has 1 aromatic carbocycles. The van der Waals surface area contributed by atoms with Gasteiger partial charge in [0, 0.05) is 44.6 Å². The van der Waals surface area contributed by atoms with Crippen LogP contribution in [0.15, 0.2) is 47.4 Å². The predicted molar refractivity (Wildman–Crippen MR) is 118 cm³/mol. The van der Waals surface area contributed by atoms with Crippen molar-refractivity contribution in [3.05, 3.63) is 58.5 Å². The van der Waals surface area contributed by atoms with E-state index in [2.05, 4.69) is 22.2 Å². The number of aryl methyl sites for hydroxylation is 2. The molecule has 0 bridgehead atoms. The SMILES string of the molecule is CCc1ccc(NC(=O)N2CCN(c3nc4cccnc4n(CC)c3=O)CC2)cc1. The maximum Gasteiger partial charge on any atom is 0.321 e. The number of nitrogens with zero attached hydrogens (tertiary/aromatic N) is 5. The van der Waals surface area contributed by atoms with Gasteiger partial charge in [0.1, 0.15) is 5.52 Å². The molecule has 4 rings (SSSR count). The van der Waals surface area contributed by atoms with Crippen LogP contribution in [-0.4, -0.2) is 51.6 Å². The molecule has 3 aromatic rings. The average Bonchev–Trinajstić information content (AvgIpc) is 2.79. The zero-order chi connectivity index (χ0) is 21.1. The van der Waals surface area contributed by atoms with Crippen LogP contribution in [0.4, 0.5) is 16.3 Å². The molecule has 156 valence electrons. The molecule has 0 radical (unpaired) electrons. The first-order valence-electron chi connectivity index (χ1n) is 10.4. The molecule has 1 aliphatic heterocycles. The van der Waals surface area contributed by atoms with Crippen LogP contribution in [0.25, 0.3) is 11.2 Å². The second-order valence-electron chi connectivity index (χ2n) is 7.29. The van der Waals surface area contributed by atoms with Gasteiger partial charge in [-0.05, 0) is 43.2 Å². The largest absolute Gasteiger partial charge is 0.348 e. The number of piperazine rings is 1. The van der Waals surface area contributed by atoms with Gasteiger partial charge in [-0.2, -0.15) is 0 Å². The highest BCUT2D eigenvalue weighted by Gasteiger charge is 2.25. The summed E-state index contributed by atoms with van der Waals surface area (Å²) < 4.78 is 1.65. The van der Waals surface area contributed by atoms with Gasteiger partial charge in [-0.3, -0.25) is 9.36 Å². The van der Waals surface area contributed by atoms with Crippen molar-refractivity contribution in [1.29, 1.82) is 0 Å². The molecule has 2 amide bonds. The number of carbonyl (C=O) groups is 1. The number of urea groups is 1. The van der Waals surface area contributed by atoms with Crippen LogP contribution in [0, 0.1) is 0 Å². The van der Waals surface area contributed by atoms with Gasteiger partial charge in [0.05, 0.1) is 0 Å². The third-order valence-corrected chi connectivity index (χ3v) is 5.48. The van der Waals surface area contributed by atoms with Crippen molar-refractivity contribution in [2.45, 2.75) is 26.8 Å². The van der Waals surface area contributed by atoms with Gasteiger partial charge in [-0.15, -0.1) is 0 Å². The molecule has 1 fully saturated rings. The summed E-state index contributed by atoms with van der Waals surface area (Å²) in [5.74, 6) is 0.424. The number of pyridine rings is 1. The Hall–Kier alpha value is -3.42. The van der Waals surface area contributed by atoms with Crippen molar-refractivity contribution >= 4 is 28.7 Å². The second kappa shape index (κ2) is 8.52. The molecule has 0 unspecified atom stereocenters. The van der Waals surface area contributed by atoms with Crippen molar-refractivity contribution in [3.8, 4) is 0 Å². The van der Waals surface area contributed by atoms with E-state index in [0.717, 1.165) is 12.1 Å². The Morgan fingerprint density at radius 1 is 1.07 bits per heavy atom. The lowest BCUT2D eigenvalue weighted by Gasteiger charge is -2.35. The van der Waals surface area contributed by atoms with Crippen LogP contribution in [0.3, 0.4) is 0 Å². The summed E-state index contributed by atoms with van der Waals surface area (Å²) in [5, 5.41) is 2.95. The van der Waals surface area contributed by atoms with Gasteiger partial charge in [0.15, 0.2) is 11.5 Å². The monoisotopic (exact) mass is 406 g/mol. The first kappa shape index (κ1) is 19.9. The quantitative estimate of drug-likeness (QED) is 0.720. The van der Waals surface area contributed by atoms with Crippen LogP contribution >= 0.6 is 0 Å². The summed E-state index contributed by atoms with van der Waals surface area (Å²) in [6.45, 7) is 6.72. The lowest BCUT2D eigenvalue weighted by Crippen LogP contribution is -2.51. The number of anilines is 2. The van der Waals surface area contributed by atoms with Crippen LogP contribution in [0.5, 0.6) is 0 Å². The summed E-state index contributed by atoms with van der Waals surface area (Å²) >= 11 is 0. The normalized spacial score (nSPS) is 14.2. The minimum absolute atomic E-state index is 0.125. The van der Waals surface area contributed by atoms with Gasteiger partial charge in [-0.25, -0.2) is 14.8 Å². The molecule has 0 saturated carbocycles. The van der Waals surface area contributed by atoms with E-state index in [9.17, 15) is 9.59 Å². The number of fused-ring (bicyclic) bond motifs is 1. The number of hydrogen-bond donors (Lipinski definition) is 1. The zero-order valence-electron chi connectivity index (χ0n) is 17.3. The molecule has 1 saturated heterocycles. The third-order valence-electron chi connectivity index (χ3n) is 5.48. The van der Waals surface area contributed by atoms with Crippen molar-refractivity contribution in [2.75, 3.05) is 36.4 Å². The summed E-state index contributed by atoms with van der Waals surface area (Å²) in [6, 6.07) is 11.4. The Balaban J connectivity index is 1.46. The Bertz CT molecular complexity index is 1100. The summed E-state index contributed by atoms with van der Waals surface area (Å²) in [6.07, 6.45) is 2.64. The van der Waals surface area contributed by atoms with Crippen molar-refractivity contribution in [2.24, 2.45) is 0 Å². The smallest absolute Gasteiger partial charge is 0.321 e. The lowest BCUT2D eigenvalue weighted by atomic mass is 10.1. The maximum atomic E-state index is 12.9. The Morgan fingerprint density at radius 3 is 2.47 bits per heavy atom. The van der Waals surface area contributed by atoms with E-state index in [-0.39, 0.29) is 11.6 Å². The fourth-order valence-corrected chi connectivity index (χ4v) is 3.71. The van der Waals surface area contributed by atoms with E-state index in [1.165, 1.54) is 5.56 Å². The number of hydrogen-bond acceptors (Lipinski definition) is 5. The standard InChI is InChI=1S/C22H26N6O2/c1-3-16-7-9-17(10-8-16)24-22(30)27-14-12-26(13-15-27)20-21(29)28(4-2)19-18(25-20)6-5-11-23-19/h5-11H,3-4,12-15H2,1-2H3,(H,24,30). The fraction of sp³-hybridized carbons (Fsp3) is 0.364. The number of nitrogens with one attached hydrogen (secondary N) is 1. The lowest BCUT2D eigenvalue weighted by molar-refractivity contribution is 0.208. The molecule has 30 heavy (non-hydrogen) atoms. The van der Waals surface area contributed by atoms with Crippen LogP contribution in [-0.2, 0) is 13.0 Å². The molecule has 2 aromatic heterocycles. The summed E-state index contributed by atoms with van der Waals surface area (Å²) in [7, 11) is 0. The Labute approximate surface area is 175 Å². The number of carbonyl (C=O) groups excluding carboxylic acids is 1. The van der Waals surface area contributed by atoms with Gasteiger partial charge in [-0.1, -0.05) is 19.1 Å². The molecule has 1 aliphatic rings. The minimum atomic E-state index is -0.141. The average molecular weight is 406 g/mol. The van der Waals surface area contributed by atoms with Crippen molar-refractivity contribution in [3.63, 3.8) is 0 Å².